The summed E-state index contributed by atoms with van der Waals surface area (Å²) in [7, 11) is 0. The van der Waals surface area contributed by atoms with Crippen LogP contribution in [0.1, 0.15) is 43.0 Å². The largest absolute Gasteiger partial charge is 0.368 e. The number of nitrogens with zero attached hydrogens (tertiary/aromatic N) is 1. The molecule has 0 spiro atoms. The van der Waals surface area contributed by atoms with Gasteiger partial charge in [0.05, 0.1) is 12.6 Å². The van der Waals surface area contributed by atoms with E-state index in [1.165, 1.54) is 16.7 Å². The summed E-state index contributed by atoms with van der Waals surface area (Å²) in [4.78, 5) is 15.4. The van der Waals surface area contributed by atoms with Crippen LogP contribution in [0.5, 0.6) is 0 Å². The summed E-state index contributed by atoms with van der Waals surface area (Å²) in [5, 5.41) is 0. The molecule has 0 N–H and O–H groups in total. The predicted octanol–water partition coefficient (Wildman–Crippen LogP) is 4.17. The van der Waals surface area contributed by atoms with Crippen molar-refractivity contribution in [1.82, 2.24) is 4.90 Å². The van der Waals surface area contributed by atoms with E-state index < -0.39 is 0 Å². The van der Waals surface area contributed by atoms with Crippen molar-refractivity contribution in [2.75, 3.05) is 13.2 Å². The summed E-state index contributed by atoms with van der Waals surface area (Å²) in [6.07, 6.45) is 2.28. The minimum atomic E-state index is -0.298. The third-order valence-electron chi connectivity index (χ3n) is 5.66. The third-order valence-corrected chi connectivity index (χ3v) is 5.66. The topological polar surface area (TPSA) is 29.5 Å². The maximum absolute atomic E-state index is 13.3. The van der Waals surface area contributed by atoms with Gasteiger partial charge in [-0.3, -0.25) is 4.79 Å². The standard InChI is InChI=1S/C23H27NO2/c1-23(2)15-21(26-16-23)22(25)24-13-12-18-10-6-7-11-19(18)20(24)14-17-8-4-3-5-9-17/h3-11,20-21H,12-16H2,1-2H3. The van der Waals surface area contributed by atoms with E-state index in [1.807, 2.05) is 6.07 Å². The molecule has 3 heteroatoms. The highest BCUT2D eigenvalue weighted by atomic mass is 16.5. The Morgan fingerprint density at radius 2 is 1.85 bits per heavy atom. The van der Waals surface area contributed by atoms with E-state index in [-0.39, 0.29) is 23.5 Å². The highest BCUT2D eigenvalue weighted by molar-refractivity contribution is 5.82. The molecule has 1 amide bonds. The van der Waals surface area contributed by atoms with Gasteiger partial charge in [-0.1, -0.05) is 68.4 Å². The Balaban J connectivity index is 1.63. The molecule has 3 nitrogen and oxygen atoms in total. The Hall–Kier alpha value is -2.13. The van der Waals surface area contributed by atoms with E-state index in [2.05, 4.69) is 67.3 Å². The number of fused-ring (bicyclic) bond motifs is 1. The summed E-state index contributed by atoms with van der Waals surface area (Å²) in [6.45, 7) is 5.78. The van der Waals surface area contributed by atoms with Gasteiger partial charge in [-0.25, -0.2) is 0 Å². The van der Waals surface area contributed by atoms with E-state index in [0.717, 1.165) is 25.8 Å². The van der Waals surface area contributed by atoms with Crippen molar-refractivity contribution >= 4 is 5.91 Å². The molecule has 0 aliphatic carbocycles. The number of hydrogen-bond donors (Lipinski definition) is 0. The molecular formula is C23H27NO2. The summed E-state index contributed by atoms with van der Waals surface area (Å²) < 4.78 is 5.88. The highest BCUT2D eigenvalue weighted by Crippen LogP contribution is 2.37. The van der Waals surface area contributed by atoms with E-state index in [9.17, 15) is 4.79 Å². The van der Waals surface area contributed by atoms with Crippen LogP contribution in [-0.2, 0) is 22.4 Å². The van der Waals surface area contributed by atoms with Crippen molar-refractivity contribution in [3.63, 3.8) is 0 Å². The number of ether oxygens (including phenoxy) is 1. The van der Waals surface area contributed by atoms with E-state index >= 15 is 0 Å². The molecule has 0 saturated carbocycles. The van der Waals surface area contributed by atoms with Crippen molar-refractivity contribution in [1.29, 1.82) is 0 Å². The summed E-state index contributed by atoms with van der Waals surface area (Å²) in [5.41, 5.74) is 4.00. The smallest absolute Gasteiger partial charge is 0.252 e. The minimum Gasteiger partial charge on any atom is -0.368 e. The summed E-state index contributed by atoms with van der Waals surface area (Å²) in [5.74, 6) is 0.158. The Bertz CT molecular complexity index is 784. The van der Waals surface area contributed by atoms with Gasteiger partial charge in [-0.05, 0) is 41.4 Å². The normalized spacial score (nSPS) is 24.3. The number of benzene rings is 2. The van der Waals surface area contributed by atoms with Crippen LogP contribution in [0.3, 0.4) is 0 Å². The molecule has 0 radical (unpaired) electrons. The first kappa shape index (κ1) is 17.3. The summed E-state index contributed by atoms with van der Waals surface area (Å²) in [6, 6.07) is 19.1. The molecule has 1 fully saturated rings. The van der Waals surface area contributed by atoms with Gasteiger partial charge in [0.25, 0.3) is 5.91 Å². The molecule has 0 aromatic heterocycles. The predicted molar refractivity (Wildman–Crippen MR) is 103 cm³/mol. The number of hydrogen-bond acceptors (Lipinski definition) is 2. The van der Waals surface area contributed by atoms with Gasteiger partial charge < -0.3 is 9.64 Å². The average Bonchev–Trinajstić information content (AvgIpc) is 3.02. The molecule has 2 unspecified atom stereocenters. The molecule has 2 aliphatic heterocycles. The maximum atomic E-state index is 13.3. The lowest BCUT2D eigenvalue weighted by Crippen LogP contribution is -2.45. The maximum Gasteiger partial charge on any atom is 0.252 e. The Labute approximate surface area is 156 Å². The van der Waals surface area contributed by atoms with E-state index in [0.29, 0.717) is 6.61 Å². The number of carbonyl (C=O) groups excluding carboxylic acids is 1. The van der Waals surface area contributed by atoms with Crippen LogP contribution in [-0.4, -0.2) is 30.1 Å². The van der Waals surface area contributed by atoms with Crippen molar-refractivity contribution in [2.24, 2.45) is 5.41 Å². The van der Waals surface area contributed by atoms with Gasteiger partial charge in [-0.2, -0.15) is 0 Å². The molecule has 2 heterocycles. The van der Waals surface area contributed by atoms with Gasteiger partial charge in [0.15, 0.2) is 0 Å². The second-order valence-corrected chi connectivity index (χ2v) is 8.35. The third kappa shape index (κ3) is 3.41. The van der Waals surface area contributed by atoms with Gasteiger partial charge in [0.2, 0.25) is 0 Å². The lowest BCUT2D eigenvalue weighted by atomic mass is 9.87. The fourth-order valence-corrected chi connectivity index (χ4v) is 4.26. The Morgan fingerprint density at radius 1 is 1.12 bits per heavy atom. The van der Waals surface area contributed by atoms with Gasteiger partial charge >= 0.3 is 0 Å². The second-order valence-electron chi connectivity index (χ2n) is 8.35. The number of rotatable bonds is 3. The van der Waals surface area contributed by atoms with Crippen LogP contribution >= 0.6 is 0 Å². The lowest BCUT2D eigenvalue weighted by molar-refractivity contribution is -0.144. The van der Waals surface area contributed by atoms with Gasteiger partial charge in [0.1, 0.15) is 6.10 Å². The van der Waals surface area contributed by atoms with Crippen LogP contribution in [0.15, 0.2) is 54.6 Å². The van der Waals surface area contributed by atoms with Gasteiger partial charge in [0, 0.05) is 6.54 Å². The SMILES string of the molecule is CC1(C)COC(C(=O)N2CCc3ccccc3C2Cc2ccccc2)C1. The molecule has 1 saturated heterocycles. The summed E-state index contributed by atoms with van der Waals surface area (Å²) >= 11 is 0. The molecule has 0 bridgehead atoms. The first-order valence-corrected chi connectivity index (χ1v) is 9.57. The van der Waals surface area contributed by atoms with E-state index in [1.54, 1.807) is 0 Å². The van der Waals surface area contributed by atoms with Crippen molar-refractivity contribution < 1.29 is 9.53 Å². The highest BCUT2D eigenvalue weighted by Gasteiger charge is 2.41. The minimum absolute atomic E-state index is 0.0853. The van der Waals surface area contributed by atoms with Crippen molar-refractivity contribution in [3.05, 3.63) is 71.3 Å². The zero-order valence-electron chi connectivity index (χ0n) is 15.7. The monoisotopic (exact) mass is 349 g/mol. The van der Waals surface area contributed by atoms with Crippen LogP contribution in [0.25, 0.3) is 0 Å². The van der Waals surface area contributed by atoms with Crippen molar-refractivity contribution in [2.45, 2.75) is 45.3 Å². The fourth-order valence-electron chi connectivity index (χ4n) is 4.26. The van der Waals surface area contributed by atoms with E-state index in [4.69, 9.17) is 4.74 Å². The number of carbonyl (C=O) groups is 1. The van der Waals surface area contributed by atoms with Crippen LogP contribution in [0.2, 0.25) is 0 Å². The van der Waals surface area contributed by atoms with Crippen LogP contribution < -0.4 is 0 Å². The average molecular weight is 349 g/mol. The molecule has 136 valence electrons. The Kier molecular flexibility index (Phi) is 4.58. The van der Waals surface area contributed by atoms with Gasteiger partial charge in [-0.15, -0.1) is 0 Å². The van der Waals surface area contributed by atoms with Crippen LogP contribution in [0, 0.1) is 5.41 Å². The molecule has 2 aromatic rings. The van der Waals surface area contributed by atoms with Crippen molar-refractivity contribution in [3.8, 4) is 0 Å². The molecule has 2 aliphatic rings. The zero-order valence-corrected chi connectivity index (χ0v) is 15.7. The molecule has 2 atom stereocenters. The second kappa shape index (κ2) is 6.88. The Morgan fingerprint density at radius 3 is 2.58 bits per heavy atom. The molecular weight excluding hydrogens is 322 g/mol. The molecule has 4 rings (SSSR count). The first-order valence-electron chi connectivity index (χ1n) is 9.57. The van der Waals surface area contributed by atoms with Crippen LogP contribution in [0.4, 0.5) is 0 Å². The lowest BCUT2D eigenvalue weighted by Gasteiger charge is -2.39. The zero-order chi connectivity index (χ0) is 18.1. The molecule has 26 heavy (non-hydrogen) atoms. The first-order chi connectivity index (χ1) is 12.5. The quantitative estimate of drug-likeness (QED) is 0.832. The number of amides is 1. The molecule has 2 aromatic carbocycles. The fraction of sp³-hybridized carbons (Fsp3) is 0.435.